The van der Waals surface area contributed by atoms with Gasteiger partial charge in [-0.1, -0.05) is 115 Å². The van der Waals surface area contributed by atoms with Gasteiger partial charge < -0.3 is 0 Å². The Morgan fingerprint density at radius 3 is 1.74 bits per heavy atom. The van der Waals surface area contributed by atoms with Gasteiger partial charge in [-0.2, -0.15) is 0 Å². The molecule has 0 aromatic heterocycles. The molecule has 0 aliphatic heterocycles. The van der Waals surface area contributed by atoms with Gasteiger partial charge in [0.15, 0.2) is 0 Å². The lowest BCUT2D eigenvalue weighted by molar-refractivity contribution is 1.51. The predicted octanol–water partition coefficient (Wildman–Crippen LogP) is 8.08. The molecule has 0 amide bonds. The van der Waals surface area contributed by atoms with Crippen LogP contribution in [0.2, 0.25) is 0 Å². The Labute approximate surface area is 200 Å². The molecule has 0 aliphatic rings. The molecule has 0 saturated heterocycles. The number of rotatable bonds is 2. The molecule has 0 bridgehead atoms. The van der Waals surface area contributed by atoms with E-state index in [1.165, 1.54) is 65.0 Å². The topological polar surface area (TPSA) is 0 Å². The lowest BCUT2D eigenvalue weighted by Gasteiger charge is -2.17. The zero-order valence-electron chi connectivity index (χ0n) is 19.5. The summed E-state index contributed by atoms with van der Waals surface area (Å²) in [6.07, 6.45) is 4.56. The van der Waals surface area contributed by atoms with E-state index < -0.39 is 0 Å². The van der Waals surface area contributed by atoms with Gasteiger partial charge in [0.2, 0.25) is 0 Å². The van der Waals surface area contributed by atoms with Crippen molar-refractivity contribution in [3.63, 3.8) is 0 Å². The van der Waals surface area contributed by atoms with Gasteiger partial charge in [-0.25, -0.2) is 0 Å². The molecule has 0 atom stereocenters. The van der Waals surface area contributed by atoms with Gasteiger partial charge in [0.25, 0.3) is 0 Å². The fourth-order valence-corrected chi connectivity index (χ4v) is 5.47. The molecule has 0 N–H and O–H groups in total. The largest absolute Gasteiger partial charge is 0.0791 e. The van der Waals surface area contributed by atoms with Gasteiger partial charge in [0.1, 0.15) is 0 Å². The highest BCUT2D eigenvalue weighted by Gasteiger charge is 2.15. The van der Waals surface area contributed by atoms with Crippen molar-refractivity contribution >= 4 is 44.5 Å². The van der Waals surface area contributed by atoms with Gasteiger partial charge in [-0.3, -0.25) is 0 Å². The van der Waals surface area contributed by atoms with Crippen LogP contribution in [0.3, 0.4) is 0 Å². The van der Waals surface area contributed by atoms with E-state index in [9.17, 15) is 0 Å². The zero-order valence-corrected chi connectivity index (χ0v) is 19.5. The van der Waals surface area contributed by atoms with Crippen molar-refractivity contribution in [1.82, 2.24) is 0 Å². The highest BCUT2D eigenvalue weighted by molar-refractivity contribution is 6.10. The highest BCUT2D eigenvalue weighted by Crippen LogP contribution is 2.35. The molecule has 162 valence electrons. The maximum Gasteiger partial charge on any atom is -0.00236 e. The summed E-state index contributed by atoms with van der Waals surface area (Å²) in [5.74, 6) is 0. The van der Waals surface area contributed by atoms with Crippen molar-refractivity contribution in [3.05, 3.63) is 120 Å². The maximum absolute atomic E-state index is 2.33. The summed E-state index contributed by atoms with van der Waals surface area (Å²) in [6, 6.07) is 39.7. The molecule has 0 heterocycles. The van der Waals surface area contributed by atoms with Crippen LogP contribution in [0.5, 0.6) is 0 Å². The van der Waals surface area contributed by atoms with Gasteiger partial charge in [0, 0.05) is 0 Å². The molecule has 6 aromatic carbocycles. The summed E-state index contributed by atoms with van der Waals surface area (Å²) in [5, 5.41) is 10.3. The molecule has 0 spiro atoms. The second-order valence-electron chi connectivity index (χ2n) is 8.79. The number of fused-ring (bicyclic) bond motifs is 3. The number of hydrogen-bond acceptors (Lipinski definition) is 0. The van der Waals surface area contributed by atoms with Crippen LogP contribution < -0.4 is 10.4 Å². The van der Waals surface area contributed by atoms with Gasteiger partial charge >= 0.3 is 0 Å². The van der Waals surface area contributed by atoms with E-state index in [0.717, 1.165) is 0 Å². The molecule has 0 aliphatic carbocycles. The molecule has 34 heavy (non-hydrogen) atoms. The van der Waals surface area contributed by atoms with Crippen molar-refractivity contribution in [3.8, 4) is 22.3 Å². The average Bonchev–Trinajstić information content (AvgIpc) is 2.91. The smallest absolute Gasteiger partial charge is 0.00236 e. The summed E-state index contributed by atoms with van der Waals surface area (Å²) in [4.78, 5) is 0. The normalized spacial score (nSPS) is 12.8. The van der Waals surface area contributed by atoms with Crippen molar-refractivity contribution in [2.24, 2.45) is 0 Å². The molecule has 6 rings (SSSR count). The van der Waals surface area contributed by atoms with Crippen LogP contribution in [0, 0.1) is 0 Å². The third-order valence-corrected chi connectivity index (χ3v) is 6.97. The first-order valence-corrected chi connectivity index (χ1v) is 11.9. The highest BCUT2D eigenvalue weighted by atomic mass is 14.2. The fourth-order valence-electron chi connectivity index (χ4n) is 5.47. The van der Waals surface area contributed by atoms with E-state index in [4.69, 9.17) is 0 Å². The SMILES string of the molecule is CC=c1c(-c2ccc3ccccc3c2)c2ccccc2c(-c2cccc3ccccc23)c1=CC. The summed E-state index contributed by atoms with van der Waals surface area (Å²) < 4.78 is 0. The zero-order chi connectivity index (χ0) is 23.1. The molecule has 0 nitrogen and oxygen atoms in total. The van der Waals surface area contributed by atoms with Crippen LogP contribution in [-0.2, 0) is 0 Å². The van der Waals surface area contributed by atoms with E-state index in [-0.39, 0.29) is 0 Å². The van der Waals surface area contributed by atoms with Crippen LogP contribution in [0.15, 0.2) is 109 Å². The summed E-state index contributed by atoms with van der Waals surface area (Å²) >= 11 is 0. The minimum absolute atomic E-state index is 1.26. The Morgan fingerprint density at radius 1 is 0.441 bits per heavy atom. The summed E-state index contributed by atoms with van der Waals surface area (Å²) in [7, 11) is 0. The van der Waals surface area contributed by atoms with Crippen LogP contribution in [-0.4, -0.2) is 0 Å². The van der Waals surface area contributed by atoms with Crippen molar-refractivity contribution in [1.29, 1.82) is 0 Å². The monoisotopic (exact) mass is 434 g/mol. The van der Waals surface area contributed by atoms with Gasteiger partial charge in [-0.15, -0.1) is 0 Å². The second kappa shape index (κ2) is 8.32. The molecule has 6 aromatic rings. The van der Waals surface area contributed by atoms with E-state index in [1.54, 1.807) is 0 Å². The van der Waals surface area contributed by atoms with Crippen LogP contribution >= 0.6 is 0 Å². The van der Waals surface area contributed by atoms with Gasteiger partial charge in [-0.05, 0) is 84.9 Å². The predicted molar refractivity (Wildman–Crippen MR) is 149 cm³/mol. The fraction of sp³-hybridized carbons (Fsp3) is 0.0588. The van der Waals surface area contributed by atoms with Crippen molar-refractivity contribution < 1.29 is 0 Å². The first-order valence-electron chi connectivity index (χ1n) is 11.9. The third-order valence-electron chi connectivity index (χ3n) is 6.97. The average molecular weight is 435 g/mol. The molecule has 0 radical (unpaired) electrons. The molecule has 0 heteroatoms. The lowest BCUT2D eigenvalue weighted by Crippen LogP contribution is -2.29. The van der Waals surface area contributed by atoms with Crippen LogP contribution in [0.25, 0.3) is 66.7 Å². The Morgan fingerprint density at radius 2 is 1.00 bits per heavy atom. The van der Waals surface area contributed by atoms with E-state index >= 15 is 0 Å². The molecular weight excluding hydrogens is 408 g/mol. The van der Waals surface area contributed by atoms with Crippen LogP contribution in [0.1, 0.15) is 13.8 Å². The minimum atomic E-state index is 1.26. The third kappa shape index (κ3) is 3.15. The molecule has 0 unspecified atom stereocenters. The first-order chi connectivity index (χ1) is 16.8. The minimum Gasteiger partial charge on any atom is -0.0791 e. The van der Waals surface area contributed by atoms with Crippen molar-refractivity contribution in [2.75, 3.05) is 0 Å². The second-order valence-corrected chi connectivity index (χ2v) is 8.79. The summed E-state index contributed by atoms with van der Waals surface area (Å²) in [6.45, 7) is 4.32. The first kappa shape index (κ1) is 20.4. The lowest BCUT2D eigenvalue weighted by atomic mass is 9.86. The van der Waals surface area contributed by atoms with Gasteiger partial charge in [0.05, 0.1) is 0 Å². The Bertz CT molecular complexity index is 1810. The van der Waals surface area contributed by atoms with E-state index in [1.807, 2.05) is 0 Å². The number of hydrogen-bond donors (Lipinski definition) is 0. The molecule has 0 fully saturated rings. The van der Waals surface area contributed by atoms with Crippen LogP contribution in [0.4, 0.5) is 0 Å². The van der Waals surface area contributed by atoms with E-state index in [0.29, 0.717) is 0 Å². The Balaban J connectivity index is 1.80. The van der Waals surface area contributed by atoms with Crippen molar-refractivity contribution in [2.45, 2.75) is 13.8 Å². The Kier molecular flexibility index (Phi) is 5.00. The standard InChI is InChI=1S/C34H26/c1-3-27-28(4-2)34(30-19-11-15-24-13-7-8-16-29(24)30)32-18-10-9-17-31(32)33(27)26-21-20-23-12-5-6-14-25(23)22-26/h3-22H,1-2H3. The summed E-state index contributed by atoms with van der Waals surface area (Å²) in [5.41, 5.74) is 5.17. The maximum atomic E-state index is 2.33. The number of benzene rings is 6. The molecular formula is C34H26. The molecule has 0 saturated carbocycles. The Hall–Kier alpha value is -4.16. The van der Waals surface area contributed by atoms with E-state index in [2.05, 4.69) is 135 Å². The quantitative estimate of drug-likeness (QED) is 0.258.